The van der Waals surface area contributed by atoms with Crippen molar-refractivity contribution in [2.45, 2.75) is 56.9 Å². The fraction of sp³-hybridized carbons (Fsp3) is 0.467. The van der Waals surface area contributed by atoms with Crippen LogP contribution >= 0.6 is 0 Å². The number of carbonyl (C=O) groups excluding carboxylic acids is 1. The number of pyridine rings is 1. The number of piperidine rings is 1. The van der Waals surface area contributed by atoms with Crippen LogP contribution in [0.15, 0.2) is 42.6 Å². The molecule has 2 fully saturated rings. The van der Waals surface area contributed by atoms with E-state index in [9.17, 15) is 13.6 Å². The van der Waals surface area contributed by atoms with Gasteiger partial charge >= 0.3 is 0 Å². The Hall–Kier alpha value is -2.94. The van der Waals surface area contributed by atoms with E-state index < -0.39 is 23.2 Å². The highest BCUT2D eigenvalue weighted by molar-refractivity contribution is 5.85. The van der Waals surface area contributed by atoms with Crippen LogP contribution < -0.4 is 5.32 Å². The molecule has 3 heterocycles. The van der Waals surface area contributed by atoms with E-state index in [0.717, 1.165) is 42.1 Å². The maximum Gasteiger partial charge on any atom is 0.230 e. The second-order valence-corrected chi connectivity index (χ2v) is 10.7. The summed E-state index contributed by atoms with van der Waals surface area (Å²) in [6.45, 7) is 2.39. The lowest BCUT2D eigenvalue weighted by Crippen LogP contribution is -2.55. The molecule has 1 amide bonds. The van der Waals surface area contributed by atoms with Gasteiger partial charge in [-0.05, 0) is 85.2 Å². The summed E-state index contributed by atoms with van der Waals surface area (Å²) in [5.74, 6) is -2.33. The third-order valence-corrected chi connectivity index (χ3v) is 8.24. The molecule has 1 saturated heterocycles. The average Bonchev–Trinajstić information content (AvgIpc) is 3.72. The monoisotopic (exact) mass is 521 g/mol. The van der Waals surface area contributed by atoms with Gasteiger partial charge in [0.15, 0.2) is 11.6 Å². The molecule has 6 nitrogen and oxygen atoms in total. The normalized spacial score (nSPS) is 22.7. The van der Waals surface area contributed by atoms with Crippen molar-refractivity contribution >= 4 is 16.8 Å². The molecule has 200 valence electrons. The second kappa shape index (κ2) is 10.3. The van der Waals surface area contributed by atoms with Crippen LogP contribution in [-0.2, 0) is 39.4 Å². The number of rotatable bonds is 8. The molecule has 0 bridgehead atoms. The van der Waals surface area contributed by atoms with E-state index in [-0.39, 0.29) is 18.6 Å². The number of carbonyl (C=O) groups is 1. The molecule has 2 atom stereocenters. The first kappa shape index (κ1) is 25.3. The molecule has 1 aromatic heterocycles. The first-order valence-corrected chi connectivity index (χ1v) is 13.5. The Bertz CT molecular complexity index is 1360. The Morgan fingerprint density at radius 2 is 2.08 bits per heavy atom. The predicted octanol–water partition coefficient (Wildman–Crippen LogP) is 4.62. The zero-order valence-corrected chi connectivity index (χ0v) is 21.6. The van der Waals surface area contributed by atoms with Gasteiger partial charge in [-0.3, -0.25) is 9.78 Å². The SMILES string of the molecule is COCCCc1cc(CN(C(=O)C2CNCC[C@@]23OCc2cc(F)c(F)cc23)C2CC2)c2ncccc2c1. The van der Waals surface area contributed by atoms with Gasteiger partial charge in [-0.15, -0.1) is 0 Å². The van der Waals surface area contributed by atoms with Gasteiger partial charge in [0.25, 0.3) is 0 Å². The molecule has 1 unspecified atom stereocenters. The van der Waals surface area contributed by atoms with Gasteiger partial charge < -0.3 is 19.7 Å². The Labute approximate surface area is 221 Å². The van der Waals surface area contributed by atoms with Crippen LogP contribution in [0.4, 0.5) is 8.78 Å². The number of hydrogen-bond donors (Lipinski definition) is 1. The summed E-state index contributed by atoms with van der Waals surface area (Å²) in [6.07, 6.45) is 6.02. The smallest absolute Gasteiger partial charge is 0.230 e. The summed E-state index contributed by atoms with van der Waals surface area (Å²) in [5, 5.41) is 4.41. The van der Waals surface area contributed by atoms with Gasteiger partial charge in [-0.25, -0.2) is 8.78 Å². The van der Waals surface area contributed by atoms with Gasteiger partial charge in [0.2, 0.25) is 5.91 Å². The van der Waals surface area contributed by atoms with Gasteiger partial charge in [0.1, 0.15) is 5.60 Å². The fourth-order valence-electron chi connectivity index (χ4n) is 6.21. The number of aryl methyl sites for hydroxylation is 1. The molecule has 1 spiro atoms. The summed E-state index contributed by atoms with van der Waals surface area (Å²) in [5.41, 5.74) is 3.40. The number of aromatic nitrogens is 1. The Balaban J connectivity index is 1.34. The molecule has 1 N–H and O–H groups in total. The zero-order chi connectivity index (χ0) is 26.3. The molecule has 8 heteroatoms. The van der Waals surface area contributed by atoms with E-state index in [0.29, 0.717) is 43.8 Å². The molecule has 0 radical (unpaired) electrons. The number of benzene rings is 2. The van der Waals surface area contributed by atoms with E-state index >= 15 is 0 Å². The van der Waals surface area contributed by atoms with E-state index in [4.69, 9.17) is 9.47 Å². The number of hydrogen-bond acceptors (Lipinski definition) is 5. The number of nitrogens with one attached hydrogen (secondary N) is 1. The fourth-order valence-corrected chi connectivity index (χ4v) is 6.21. The number of nitrogens with zero attached hydrogens (tertiary/aromatic N) is 2. The van der Waals surface area contributed by atoms with Crippen molar-refractivity contribution in [3.8, 4) is 0 Å². The van der Waals surface area contributed by atoms with E-state index in [1.54, 1.807) is 13.3 Å². The molecule has 1 aliphatic carbocycles. The lowest BCUT2D eigenvalue weighted by Gasteiger charge is -2.43. The van der Waals surface area contributed by atoms with E-state index in [1.807, 2.05) is 11.0 Å². The van der Waals surface area contributed by atoms with E-state index in [1.165, 1.54) is 17.7 Å². The molecule has 3 aliphatic rings. The Morgan fingerprint density at radius 3 is 2.89 bits per heavy atom. The first-order valence-electron chi connectivity index (χ1n) is 13.5. The first-order chi connectivity index (χ1) is 18.5. The van der Waals surface area contributed by atoms with Crippen molar-refractivity contribution in [1.29, 1.82) is 0 Å². The van der Waals surface area contributed by atoms with Crippen molar-refractivity contribution in [1.82, 2.24) is 15.2 Å². The largest absolute Gasteiger partial charge is 0.385 e. The van der Waals surface area contributed by atoms with Crippen LogP contribution in [0.25, 0.3) is 10.9 Å². The third-order valence-electron chi connectivity index (χ3n) is 8.24. The number of halogens is 2. The molecular formula is C30H33F2N3O3. The van der Waals surface area contributed by atoms with Crippen LogP contribution in [-0.4, -0.2) is 48.6 Å². The quantitative estimate of drug-likeness (QED) is 0.439. The highest BCUT2D eigenvalue weighted by atomic mass is 19.2. The average molecular weight is 522 g/mol. The van der Waals surface area contributed by atoms with Crippen LogP contribution in [0.5, 0.6) is 0 Å². The lowest BCUT2D eigenvalue weighted by molar-refractivity contribution is -0.157. The van der Waals surface area contributed by atoms with E-state index in [2.05, 4.69) is 28.5 Å². The van der Waals surface area contributed by atoms with Crippen LogP contribution in [0.3, 0.4) is 0 Å². The molecule has 2 aliphatic heterocycles. The van der Waals surface area contributed by atoms with Crippen molar-refractivity contribution in [2.24, 2.45) is 5.92 Å². The van der Waals surface area contributed by atoms with Crippen LogP contribution in [0.2, 0.25) is 0 Å². The maximum atomic E-state index is 14.4. The van der Waals surface area contributed by atoms with Gasteiger partial charge in [-0.1, -0.05) is 12.1 Å². The number of amides is 1. The number of methoxy groups -OCH3 is 1. The number of ether oxygens (including phenoxy) is 2. The standard InChI is InChI=1S/C30H33F2N3O3/c1-37-11-3-4-19-12-20-5-2-9-34-28(20)21(13-19)17-35(23-6-7-23)29(36)25-16-33-10-8-30(25)24-15-27(32)26(31)14-22(24)18-38-30/h2,5,9,12-15,23,25,33H,3-4,6-8,10-11,16-18H2,1H3/t25?,30-/m0/s1. The zero-order valence-electron chi connectivity index (χ0n) is 21.6. The van der Waals surface area contributed by atoms with Crippen molar-refractivity contribution in [3.63, 3.8) is 0 Å². The molecule has 1 saturated carbocycles. The summed E-state index contributed by atoms with van der Waals surface area (Å²) in [4.78, 5) is 21.0. The third kappa shape index (κ3) is 4.59. The van der Waals surface area contributed by atoms with Gasteiger partial charge in [0.05, 0.1) is 18.0 Å². The summed E-state index contributed by atoms with van der Waals surface area (Å²) >= 11 is 0. The molecule has 38 heavy (non-hydrogen) atoms. The number of fused-ring (bicyclic) bond motifs is 3. The minimum absolute atomic E-state index is 0.00819. The minimum Gasteiger partial charge on any atom is -0.385 e. The van der Waals surface area contributed by atoms with Crippen molar-refractivity contribution in [3.05, 3.63) is 76.5 Å². The van der Waals surface area contributed by atoms with Crippen LogP contribution in [0.1, 0.15) is 47.9 Å². The van der Waals surface area contributed by atoms with Gasteiger partial charge in [-0.2, -0.15) is 0 Å². The minimum atomic E-state index is -0.957. The van der Waals surface area contributed by atoms with Gasteiger partial charge in [0, 0.05) is 44.4 Å². The highest BCUT2D eigenvalue weighted by Crippen LogP contribution is 2.48. The second-order valence-electron chi connectivity index (χ2n) is 10.7. The Morgan fingerprint density at radius 1 is 1.24 bits per heavy atom. The molecule has 2 aromatic carbocycles. The lowest BCUT2D eigenvalue weighted by atomic mass is 9.75. The Kier molecular flexibility index (Phi) is 6.88. The topological polar surface area (TPSA) is 63.7 Å². The summed E-state index contributed by atoms with van der Waals surface area (Å²) in [6, 6.07) is 10.9. The highest BCUT2D eigenvalue weighted by Gasteiger charge is 2.53. The van der Waals surface area contributed by atoms with Crippen molar-refractivity contribution in [2.75, 3.05) is 26.8 Å². The summed E-state index contributed by atoms with van der Waals surface area (Å²) in [7, 11) is 1.71. The molecule has 3 aromatic rings. The predicted molar refractivity (Wildman–Crippen MR) is 139 cm³/mol. The molecular weight excluding hydrogens is 488 g/mol. The maximum absolute atomic E-state index is 14.4. The van der Waals surface area contributed by atoms with Crippen LogP contribution in [0, 0.1) is 17.6 Å². The summed E-state index contributed by atoms with van der Waals surface area (Å²) < 4.78 is 39.9. The molecule has 6 rings (SSSR count). The van der Waals surface area contributed by atoms with Crippen molar-refractivity contribution < 1.29 is 23.0 Å².